The first-order valence-electron chi connectivity index (χ1n) is 6.81. The molecule has 0 aliphatic rings. The van der Waals surface area contributed by atoms with Gasteiger partial charge >= 0.3 is 0 Å². The molecular formula is C18H16BrOPS2. The summed E-state index contributed by atoms with van der Waals surface area (Å²) in [6.07, 6.45) is 0. The Morgan fingerprint density at radius 3 is 1.61 bits per heavy atom. The van der Waals surface area contributed by atoms with Gasteiger partial charge in [-0.25, -0.2) is 0 Å². The standard InChI is InChI=1S/C10H8BrOP.2C4H4S/c11-10-6-5-9(12-10)7-1-3-8(13)4-2-7;2*1-2-4-5-3-1/h1-6H,13H2;2*1-4H. The molecular weight excluding hydrogens is 407 g/mol. The van der Waals surface area contributed by atoms with E-state index in [0.29, 0.717) is 0 Å². The largest absolute Gasteiger partial charge is 0.449 e. The molecule has 1 aromatic carbocycles. The average molecular weight is 423 g/mol. The minimum Gasteiger partial charge on any atom is -0.449 e. The van der Waals surface area contributed by atoms with E-state index < -0.39 is 0 Å². The van der Waals surface area contributed by atoms with Crippen LogP contribution in [0, 0.1) is 0 Å². The second-order valence-corrected chi connectivity index (χ2v) is 7.39. The lowest BCUT2D eigenvalue weighted by Crippen LogP contribution is -1.86. The smallest absolute Gasteiger partial charge is 0.169 e. The van der Waals surface area contributed by atoms with E-state index in [1.807, 2.05) is 82.2 Å². The quantitative estimate of drug-likeness (QED) is 0.310. The van der Waals surface area contributed by atoms with Gasteiger partial charge in [-0.3, -0.25) is 0 Å². The van der Waals surface area contributed by atoms with Crippen molar-refractivity contribution < 1.29 is 4.42 Å². The fourth-order valence-corrected chi connectivity index (χ4v) is 2.98. The number of halogens is 1. The minimum atomic E-state index is 0.762. The highest BCUT2D eigenvalue weighted by atomic mass is 79.9. The summed E-state index contributed by atoms with van der Waals surface area (Å²) in [5.41, 5.74) is 1.09. The monoisotopic (exact) mass is 422 g/mol. The van der Waals surface area contributed by atoms with Crippen molar-refractivity contribution in [3.8, 4) is 11.3 Å². The van der Waals surface area contributed by atoms with Crippen LogP contribution in [0.25, 0.3) is 11.3 Å². The molecule has 23 heavy (non-hydrogen) atoms. The van der Waals surface area contributed by atoms with Crippen molar-refractivity contribution >= 4 is 53.1 Å². The molecule has 0 amide bonds. The van der Waals surface area contributed by atoms with Gasteiger partial charge in [-0.1, -0.05) is 48.5 Å². The van der Waals surface area contributed by atoms with Gasteiger partial charge in [0, 0.05) is 5.56 Å². The summed E-state index contributed by atoms with van der Waals surface area (Å²) < 4.78 is 6.18. The van der Waals surface area contributed by atoms with Crippen molar-refractivity contribution in [2.24, 2.45) is 0 Å². The maximum atomic E-state index is 5.42. The maximum Gasteiger partial charge on any atom is 0.169 e. The van der Waals surface area contributed by atoms with Gasteiger partial charge < -0.3 is 4.42 Å². The zero-order valence-corrected chi connectivity index (χ0v) is 16.6. The molecule has 5 heteroatoms. The highest BCUT2D eigenvalue weighted by Crippen LogP contribution is 2.24. The van der Waals surface area contributed by atoms with Crippen molar-refractivity contribution in [3.63, 3.8) is 0 Å². The zero-order chi connectivity index (χ0) is 16.3. The molecule has 0 N–H and O–H groups in total. The predicted molar refractivity (Wildman–Crippen MR) is 110 cm³/mol. The zero-order valence-electron chi connectivity index (χ0n) is 12.3. The van der Waals surface area contributed by atoms with Crippen LogP contribution < -0.4 is 5.30 Å². The molecule has 0 saturated carbocycles. The molecule has 1 atom stereocenters. The Kier molecular flexibility index (Phi) is 8.33. The molecule has 0 saturated heterocycles. The predicted octanol–water partition coefficient (Wildman–Crippen LogP) is 6.71. The Hall–Kier alpha value is -1.19. The third-order valence-electron chi connectivity index (χ3n) is 2.62. The summed E-state index contributed by atoms with van der Waals surface area (Å²) in [5.74, 6) is 0.886. The number of hydrogen-bond acceptors (Lipinski definition) is 3. The van der Waals surface area contributed by atoms with Crippen molar-refractivity contribution in [1.29, 1.82) is 0 Å². The van der Waals surface area contributed by atoms with E-state index in [1.165, 1.54) is 5.30 Å². The molecule has 1 unspecified atom stereocenters. The minimum absolute atomic E-state index is 0.762. The number of hydrogen-bond donors (Lipinski definition) is 0. The first-order valence-corrected chi connectivity index (χ1v) is 10.1. The fraction of sp³-hybridized carbons (Fsp3) is 0. The van der Waals surface area contributed by atoms with Gasteiger partial charge in [0.05, 0.1) is 0 Å². The molecule has 0 aliphatic carbocycles. The molecule has 0 fully saturated rings. The Morgan fingerprint density at radius 1 is 0.739 bits per heavy atom. The molecule has 0 radical (unpaired) electrons. The number of rotatable bonds is 1. The Labute approximate surface area is 155 Å². The SMILES string of the molecule is Pc1ccc(-c2ccc(Br)o2)cc1.c1ccsc1.c1ccsc1. The number of benzene rings is 1. The first-order chi connectivity index (χ1) is 11.3. The normalized spacial score (nSPS) is 9.30. The third-order valence-corrected chi connectivity index (χ3v) is 4.69. The van der Waals surface area contributed by atoms with Gasteiger partial charge in [0.2, 0.25) is 0 Å². The van der Waals surface area contributed by atoms with Crippen LogP contribution in [0.4, 0.5) is 0 Å². The van der Waals surface area contributed by atoms with Gasteiger partial charge in [0.1, 0.15) is 5.76 Å². The second kappa shape index (κ2) is 10.6. The lowest BCUT2D eigenvalue weighted by molar-refractivity contribution is 0.556. The van der Waals surface area contributed by atoms with Crippen LogP contribution >= 0.6 is 47.8 Å². The lowest BCUT2D eigenvalue weighted by atomic mass is 10.2. The van der Waals surface area contributed by atoms with E-state index in [2.05, 4.69) is 25.2 Å². The summed E-state index contributed by atoms with van der Waals surface area (Å²) in [6.45, 7) is 0. The van der Waals surface area contributed by atoms with Gasteiger partial charge in [-0.15, -0.1) is 9.24 Å². The van der Waals surface area contributed by atoms with Crippen molar-refractivity contribution in [1.82, 2.24) is 0 Å². The fourth-order valence-electron chi connectivity index (χ4n) is 1.57. The van der Waals surface area contributed by atoms with Gasteiger partial charge in [0.15, 0.2) is 4.67 Å². The topological polar surface area (TPSA) is 13.1 Å². The van der Waals surface area contributed by atoms with Crippen LogP contribution in [0.2, 0.25) is 0 Å². The first kappa shape index (κ1) is 18.2. The summed E-state index contributed by atoms with van der Waals surface area (Å²) in [4.78, 5) is 0. The molecule has 1 nitrogen and oxygen atoms in total. The van der Waals surface area contributed by atoms with Crippen LogP contribution in [0.15, 0.2) is 91.3 Å². The second-order valence-electron chi connectivity index (χ2n) is 4.31. The third kappa shape index (κ3) is 7.28. The summed E-state index contributed by atoms with van der Waals surface area (Å²) >= 11 is 6.70. The van der Waals surface area contributed by atoms with E-state index in [1.54, 1.807) is 22.7 Å². The Morgan fingerprint density at radius 2 is 1.26 bits per heavy atom. The summed E-state index contributed by atoms with van der Waals surface area (Å²) in [6, 6.07) is 20.1. The lowest BCUT2D eigenvalue weighted by Gasteiger charge is -1.96. The van der Waals surface area contributed by atoms with E-state index >= 15 is 0 Å². The summed E-state index contributed by atoms with van der Waals surface area (Å²) in [7, 11) is 2.65. The van der Waals surface area contributed by atoms with Crippen molar-refractivity contribution in [2.75, 3.05) is 0 Å². The number of thiophene rings is 2. The van der Waals surface area contributed by atoms with E-state index in [9.17, 15) is 0 Å². The van der Waals surface area contributed by atoms with Crippen molar-refractivity contribution in [2.45, 2.75) is 0 Å². The van der Waals surface area contributed by atoms with Crippen LogP contribution in [0.3, 0.4) is 0 Å². The molecule has 118 valence electrons. The van der Waals surface area contributed by atoms with Crippen LogP contribution in [0.1, 0.15) is 0 Å². The highest BCUT2D eigenvalue weighted by molar-refractivity contribution is 9.10. The number of furan rings is 1. The van der Waals surface area contributed by atoms with Crippen LogP contribution in [-0.4, -0.2) is 0 Å². The van der Waals surface area contributed by atoms with E-state index in [4.69, 9.17) is 4.42 Å². The van der Waals surface area contributed by atoms with E-state index in [0.717, 1.165) is 16.0 Å². The molecule has 4 aromatic rings. The molecule has 0 aliphatic heterocycles. The molecule has 3 heterocycles. The Bertz CT molecular complexity index is 686. The van der Waals surface area contributed by atoms with Crippen LogP contribution in [0.5, 0.6) is 0 Å². The van der Waals surface area contributed by atoms with Gasteiger partial charge in [0.25, 0.3) is 0 Å². The Balaban J connectivity index is 0.000000156. The van der Waals surface area contributed by atoms with Gasteiger partial charge in [-0.05, 0) is 54.9 Å². The molecule has 0 spiro atoms. The van der Waals surface area contributed by atoms with Gasteiger partial charge in [-0.2, -0.15) is 22.7 Å². The van der Waals surface area contributed by atoms with Crippen LogP contribution in [-0.2, 0) is 0 Å². The molecule has 4 rings (SSSR count). The molecule has 0 bridgehead atoms. The van der Waals surface area contributed by atoms with Crippen molar-refractivity contribution in [3.05, 3.63) is 86.9 Å². The molecule has 3 aromatic heterocycles. The highest BCUT2D eigenvalue weighted by Gasteiger charge is 2.01. The maximum absolute atomic E-state index is 5.42. The average Bonchev–Trinajstić information content (AvgIpc) is 3.34. The summed E-state index contributed by atoms with van der Waals surface area (Å²) in [5, 5.41) is 9.34. The van der Waals surface area contributed by atoms with E-state index in [-0.39, 0.29) is 0 Å².